The fourth-order valence-corrected chi connectivity index (χ4v) is 3.25. The molecule has 0 atom stereocenters. The second kappa shape index (κ2) is 9.23. The van der Waals surface area contributed by atoms with Gasteiger partial charge in [-0.2, -0.15) is 0 Å². The van der Waals surface area contributed by atoms with Gasteiger partial charge in [-0.05, 0) is 67.9 Å². The number of hydrazine groups is 1. The standard InChI is InChI=1S/C20H24N4O2S/c1-2-26-17-11-9-16(10-12-17)21-20(27)23-22-19(25)14-24-13-5-7-15-6-3-4-8-18(15)24/h3-4,6,8-12H,2,5,7,13-14H2,1H3,(H,22,25)(H2,21,23,27). The predicted molar refractivity (Wildman–Crippen MR) is 112 cm³/mol. The highest BCUT2D eigenvalue weighted by molar-refractivity contribution is 7.80. The van der Waals surface area contributed by atoms with Gasteiger partial charge in [-0.15, -0.1) is 0 Å². The summed E-state index contributed by atoms with van der Waals surface area (Å²) in [6, 6.07) is 15.7. The second-order valence-corrected chi connectivity index (χ2v) is 6.65. The molecule has 0 saturated carbocycles. The number of benzene rings is 2. The van der Waals surface area contributed by atoms with Crippen molar-refractivity contribution in [2.75, 3.05) is 29.9 Å². The first-order chi connectivity index (χ1) is 13.2. The lowest BCUT2D eigenvalue weighted by atomic mass is 10.0. The normalized spacial score (nSPS) is 12.7. The van der Waals surface area contributed by atoms with Crippen molar-refractivity contribution in [2.45, 2.75) is 19.8 Å². The van der Waals surface area contributed by atoms with Crippen LogP contribution in [0.1, 0.15) is 18.9 Å². The van der Waals surface area contributed by atoms with E-state index in [2.05, 4.69) is 33.2 Å². The Morgan fingerprint density at radius 3 is 2.70 bits per heavy atom. The number of hydrogen-bond donors (Lipinski definition) is 3. The molecule has 0 radical (unpaired) electrons. The largest absolute Gasteiger partial charge is 0.494 e. The molecule has 0 fully saturated rings. The number of hydrogen-bond acceptors (Lipinski definition) is 4. The number of nitrogens with zero attached hydrogens (tertiary/aromatic N) is 1. The Kier molecular flexibility index (Phi) is 6.49. The Balaban J connectivity index is 1.46. The van der Waals surface area contributed by atoms with Crippen LogP contribution in [0.5, 0.6) is 5.75 Å². The summed E-state index contributed by atoms with van der Waals surface area (Å²) in [6.45, 7) is 3.73. The third-order valence-corrected chi connectivity index (χ3v) is 4.48. The molecule has 0 spiro atoms. The topological polar surface area (TPSA) is 65.6 Å². The average molecular weight is 385 g/mol. The molecule has 7 heteroatoms. The minimum atomic E-state index is -0.137. The van der Waals surface area contributed by atoms with Crippen molar-refractivity contribution in [2.24, 2.45) is 0 Å². The highest BCUT2D eigenvalue weighted by Crippen LogP contribution is 2.26. The van der Waals surface area contributed by atoms with Gasteiger partial charge in [0.2, 0.25) is 0 Å². The number of para-hydroxylation sites is 1. The number of nitrogens with one attached hydrogen (secondary N) is 3. The maximum atomic E-state index is 12.3. The van der Waals surface area contributed by atoms with Gasteiger partial charge in [-0.25, -0.2) is 0 Å². The van der Waals surface area contributed by atoms with Crippen molar-refractivity contribution in [3.8, 4) is 5.75 Å². The van der Waals surface area contributed by atoms with Gasteiger partial charge in [0.15, 0.2) is 5.11 Å². The van der Waals surface area contributed by atoms with Crippen LogP contribution in [0.3, 0.4) is 0 Å². The van der Waals surface area contributed by atoms with E-state index in [1.54, 1.807) is 0 Å². The maximum Gasteiger partial charge on any atom is 0.257 e. The summed E-state index contributed by atoms with van der Waals surface area (Å²) in [6.07, 6.45) is 2.11. The van der Waals surface area contributed by atoms with Crippen molar-refractivity contribution in [1.29, 1.82) is 0 Å². The van der Waals surface area contributed by atoms with E-state index >= 15 is 0 Å². The van der Waals surface area contributed by atoms with E-state index in [1.807, 2.05) is 43.3 Å². The van der Waals surface area contributed by atoms with Crippen LogP contribution in [0.2, 0.25) is 0 Å². The van der Waals surface area contributed by atoms with Crippen molar-refractivity contribution in [3.05, 3.63) is 54.1 Å². The van der Waals surface area contributed by atoms with Gasteiger partial charge in [0.05, 0.1) is 13.2 Å². The Bertz CT molecular complexity index is 795. The molecule has 0 bridgehead atoms. The molecule has 3 N–H and O–H groups in total. The molecule has 0 aliphatic carbocycles. The molecular formula is C20H24N4O2S. The van der Waals surface area contributed by atoms with E-state index in [9.17, 15) is 4.79 Å². The number of anilines is 2. The van der Waals surface area contributed by atoms with Crippen LogP contribution >= 0.6 is 12.2 Å². The summed E-state index contributed by atoms with van der Waals surface area (Å²) >= 11 is 5.22. The first kappa shape index (κ1) is 19.0. The summed E-state index contributed by atoms with van der Waals surface area (Å²) in [4.78, 5) is 14.4. The number of amides is 1. The Morgan fingerprint density at radius 2 is 1.93 bits per heavy atom. The SMILES string of the molecule is CCOc1ccc(NC(=S)NNC(=O)CN2CCCc3ccccc32)cc1. The van der Waals surface area contributed by atoms with Crippen LogP contribution in [0.15, 0.2) is 48.5 Å². The lowest BCUT2D eigenvalue weighted by molar-refractivity contribution is -0.120. The molecule has 1 aliphatic rings. The van der Waals surface area contributed by atoms with Gasteiger partial charge in [0, 0.05) is 17.9 Å². The Labute approximate surface area is 164 Å². The monoisotopic (exact) mass is 384 g/mol. The number of ether oxygens (including phenoxy) is 1. The van der Waals surface area contributed by atoms with E-state index in [-0.39, 0.29) is 12.5 Å². The van der Waals surface area contributed by atoms with Crippen LogP contribution in [-0.2, 0) is 11.2 Å². The van der Waals surface area contributed by atoms with E-state index < -0.39 is 0 Å². The molecule has 3 rings (SSSR count). The zero-order valence-corrected chi connectivity index (χ0v) is 16.1. The summed E-state index contributed by atoms with van der Waals surface area (Å²) in [7, 11) is 0. The molecule has 1 aliphatic heterocycles. The van der Waals surface area contributed by atoms with Crippen LogP contribution < -0.4 is 25.8 Å². The maximum absolute atomic E-state index is 12.3. The molecule has 0 saturated heterocycles. The molecule has 142 valence electrons. The molecule has 1 heterocycles. The Morgan fingerprint density at radius 1 is 1.15 bits per heavy atom. The van der Waals surface area contributed by atoms with E-state index in [0.29, 0.717) is 11.7 Å². The van der Waals surface area contributed by atoms with Gasteiger partial charge < -0.3 is 15.0 Å². The molecule has 1 amide bonds. The molecule has 6 nitrogen and oxygen atoms in total. The van der Waals surface area contributed by atoms with Gasteiger partial charge >= 0.3 is 0 Å². The lowest BCUT2D eigenvalue weighted by Gasteiger charge is -2.30. The number of aryl methyl sites for hydroxylation is 1. The fourth-order valence-electron chi connectivity index (χ4n) is 3.08. The quantitative estimate of drug-likeness (QED) is 0.544. The molecule has 0 aromatic heterocycles. The fraction of sp³-hybridized carbons (Fsp3) is 0.300. The highest BCUT2D eigenvalue weighted by Gasteiger charge is 2.18. The Hall–Kier alpha value is -2.80. The van der Waals surface area contributed by atoms with E-state index in [1.165, 1.54) is 5.56 Å². The van der Waals surface area contributed by atoms with Crippen LogP contribution in [0, 0.1) is 0 Å². The molecular weight excluding hydrogens is 360 g/mol. The van der Waals surface area contributed by atoms with Crippen LogP contribution in [0.4, 0.5) is 11.4 Å². The number of rotatable bonds is 5. The summed E-state index contributed by atoms with van der Waals surface area (Å²) < 4.78 is 5.40. The van der Waals surface area contributed by atoms with Gasteiger partial charge in [-0.3, -0.25) is 15.6 Å². The molecule has 2 aromatic carbocycles. The van der Waals surface area contributed by atoms with E-state index in [4.69, 9.17) is 17.0 Å². The van der Waals surface area contributed by atoms with Crippen LogP contribution in [0.25, 0.3) is 0 Å². The van der Waals surface area contributed by atoms with Gasteiger partial charge in [0.1, 0.15) is 5.75 Å². The lowest BCUT2D eigenvalue weighted by Crippen LogP contribution is -2.48. The minimum absolute atomic E-state index is 0.137. The summed E-state index contributed by atoms with van der Waals surface area (Å²) in [5.74, 6) is 0.666. The van der Waals surface area contributed by atoms with Crippen molar-refractivity contribution < 1.29 is 9.53 Å². The average Bonchev–Trinajstić information content (AvgIpc) is 2.68. The van der Waals surface area contributed by atoms with Crippen molar-refractivity contribution in [1.82, 2.24) is 10.9 Å². The minimum Gasteiger partial charge on any atom is -0.494 e. The first-order valence-corrected chi connectivity index (χ1v) is 9.48. The van der Waals surface area contributed by atoms with E-state index in [0.717, 1.165) is 36.5 Å². The zero-order chi connectivity index (χ0) is 19.1. The highest BCUT2D eigenvalue weighted by atomic mass is 32.1. The smallest absolute Gasteiger partial charge is 0.257 e. The van der Waals surface area contributed by atoms with Crippen molar-refractivity contribution >= 4 is 34.6 Å². The molecule has 0 unspecified atom stereocenters. The zero-order valence-electron chi connectivity index (χ0n) is 15.3. The number of carbonyl (C=O) groups is 1. The van der Waals surface area contributed by atoms with Gasteiger partial charge in [0.25, 0.3) is 5.91 Å². The summed E-state index contributed by atoms with van der Waals surface area (Å²) in [5.41, 5.74) is 8.64. The molecule has 2 aromatic rings. The summed E-state index contributed by atoms with van der Waals surface area (Å²) in [5, 5.41) is 3.35. The third kappa shape index (κ3) is 5.34. The third-order valence-electron chi connectivity index (χ3n) is 4.28. The first-order valence-electron chi connectivity index (χ1n) is 9.07. The predicted octanol–water partition coefficient (Wildman–Crippen LogP) is 2.86. The second-order valence-electron chi connectivity index (χ2n) is 6.24. The van der Waals surface area contributed by atoms with Crippen LogP contribution in [-0.4, -0.2) is 30.7 Å². The number of thiocarbonyl (C=S) groups is 1. The number of fused-ring (bicyclic) bond motifs is 1. The number of carbonyl (C=O) groups excluding carboxylic acids is 1. The van der Waals surface area contributed by atoms with Crippen molar-refractivity contribution in [3.63, 3.8) is 0 Å². The van der Waals surface area contributed by atoms with Gasteiger partial charge in [-0.1, -0.05) is 18.2 Å². The molecule has 27 heavy (non-hydrogen) atoms.